The van der Waals surface area contributed by atoms with E-state index in [1.807, 2.05) is 19.3 Å². The lowest BCUT2D eigenvalue weighted by atomic mass is 10.2. The Bertz CT molecular complexity index is 598. The summed E-state index contributed by atoms with van der Waals surface area (Å²) in [7, 11) is 0. The Morgan fingerprint density at radius 3 is 2.48 bits per heavy atom. The number of rotatable bonds is 2. The van der Waals surface area contributed by atoms with Gasteiger partial charge in [-0.05, 0) is 31.5 Å². The van der Waals surface area contributed by atoms with Gasteiger partial charge < -0.3 is 9.80 Å². The van der Waals surface area contributed by atoms with Crippen LogP contribution in [0.25, 0.3) is 0 Å². The molecule has 6 heteroatoms. The summed E-state index contributed by atoms with van der Waals surface area (Å²) < 4.78 is 12.9. The lowest BCUT2D eigenvalue weighted by molar-refractivity contribution is 0.536. The first-order chi connectivity index (χ1) is 10.1. The SMILES string of the molecule is Cc1cnc(N2CCN(c3ccc(F)cn3)CC2C)nc1. The molecule has 2 aromatic heterocycles. The summed E-state index contributed by atoms with van der Waals surface area (Å²) in [5.41, 5.74) is 1.06. The summed E-state index contributed by atoms with van der Waals surface area (Å²) in [5, 5.41) is 0. The fourth-order valence-electron chi connectivity index (χ4n) is 2.55. The maximum atomic E-state index is 12.9. The monoisotopic (exact) mass is 287 g/mol. The molecule has 0 bridgehead atoms. The first-order valence-electron chi connectivity index (χ1n) is 7.05. The largest absolute Gasteiger partial charge is 0.353 e. The van der Waals surface area contributed by atoms with Gasteiger partial charge in [0.15, 0.2) is 0 Å². The molecule has 1 aliphatic heterocycles. The molecule has 1 atom stereocenters. The van der Waals surface area contributed by atoms with E-state index in [2.05, 4.69) is 31.7 Å². The molecule has 0 amide bonds. The van der Waals surface area contributed by atoms with Gasteiger partial charge in [0.2, 0.25) is 5.95 Å². The van der Waals surface area contributed by atoms with E-state index < -0.39 is 0 Å². The van der Waals surface area contributed by atoms with Crippen molar-refractivity contribution < 1.29 is 4.39 Å². The topological polar surface area (TPSA) is 45.2 Å². The summed E-state index contributed by atoms with van der Waals surface area (Å²) in [6.45, 7) is 6.57. The van der Waals surface area contributed by atoms with E-state index in [4.69, 9.17) is 0 Å². The van der Waals surface area contributed by atoms with Gasteiger partial charge in [-0.2, -0.15) is 0 Å². The molecular weight excluding hydrogens is 269 g/mol. The zero-order valence-corrected chi connectivity index (χ0v) is 12.2. The quantitative estimate of drug-likeness (QED) is 0.845. The molecular formula is C15H18FN5. The van der Waals surface area contributed by atoms with Gasteiger partial charge >= 0.3 is 0 Å². The van der Waals surface area contributed by atoms with Crippen molar-refractivity contribution in [2.24, 2.45) is 0 Å². The van der Waals surface area contributed by atoms with E-state index in [1.54, 1.807) is 6.07 Å². The summed E-state index contributed by atoms with van der Waals surface area (Å²) in [5.74, 6) is 1.27. The Morgan fingerprint density at radius 2 is 1.86 bits per heavy atom. The molecule has 3 heterocycles. The van der Waals surface area contributed by atoms with Crippen LogP contribution in [0.2, 0.25) is 0 Å². The normalized spacial score (nSPS) is 18.9. The van der Waals surface area contributed by atoms with Crippen molar-refractivity contribution in [3.8, 4) is 0 Å². The summed E-state index contributed by atoms with van der Waals surface area (Å²) in [6.07, 6.45) is 4.93. The van der Waals surface area contributed by atoms with Gasteiger partial charge in [-0.15, -0.1) is 0 Å². The molecule has 21 heavy (non-hydrogen) atoms. The minimum absolute atomic E-state index is 0.272. The van der Waals surface area contributed by atoms with Gasteiger partial charge in [-0.25, -0.2) is 19.3 Å². The zero-order chi connectivity index (χ0) is 14.8. The van der Waals surface area contributed by atoms with Crippen molar-refractivity contribution in [3.05, 3.63) is 42.1 Å². The first-order valence-corrected chi connectivity index (χ1v) is 7.05. The predicted molar refractivity (Wildman–Crippen MR) is 80.0 cm³/mol. The second-order valence-electron chi connectivity index (χ2n) is 5.38. The molecule has 3 rings (SSSR count). The van der Waals surface area contributed by atoms with Crippen LogP contribution in [0.5, 0.6) is 0 Å². The summed E-state index contributed by atoms with van der Waals surface area (Å²) >= 11 is 0. The molecule has 0 radical (unpaired) electrons. The molecule has 1 aliphatic rings. The molecule has 0 spiro atoms. The third kappa shape index (κ3) is 2.94. The van der Waals surface area contributed by atoms with E-state index in [9.17, 15) is 4.39 Å². The van der Waals surface area contributed by atoms with Crippen LogP contribution in [0.3, 0.4) is 0 Å². The second kappa shape index (κ2) is 5.63. The van der Waals surface area contributed by atoms with Gasteiger partial charge in [0.05, 0.1) is 6.20 Å². The van der Waals surface area contributed by atoms with Crippen LogP contribution in [0.15, 0.2) is 30.7 Å². The molecule has 5 nitrogen and oxygen atoms in total. The van der Waals surface area contributed by atoms with Crippen molar-refractivity contribution in [1.82, 2.24) is 15.0 Å². The Balaban J connectivity index is 1.72. The highest BCUT2D eigenvalue weighted by Crippen LogP contribution is 2.20. The number of halogens is 1. The summed E-state index contributed by atoms with van der Waals surface area (Å²) in [4.78, 5) is 17.3. The molecule has 1 fully saturated rings. The smallest absolute Gasteiger partial charge is 0.225 e. The van der Waals surface area contributed by atoms with E-state index in [0.29, 0.717) is 0 Å². The third-order valence-corrected chi connectivity index (χ3v) is 3.69. The average molecular weight is 287 g/mol. The number of piperazine rings is 1. The Morgan fingerprint density at radius 1 is 1.10 bits per heavy atom. The van der Waals surface area contributed by atoms with Gasteiger partial charge in [0.25, 0.3) is 0 Å². The molecule has 1 unspecified atom stereocenters. The fraction of sp³-hybridized carbons (Fsp3) is 0.400. The lowest BCUT2D eigenvalue weighted by Crippen LogP contribution is -2.53. The predicted octanol–water partition coefficient (Wildman–Crippen LogP) is 2.03. The molecule has 1 saturated heterocycles. The first kappa shape index (κ1) is 13.7. The standard InChI is InChI=1S/C15H18FN5/c1-11-7-18-15(19-8-11)21-6-5-20(10-12(21)2)14-4-3-13(16)9-17-14/h3-4,7-9,12H,5-6,10H2,1-2H3. The van der Waals surface area contributed by atoms with Gasteiger partial charge in [-0.1, -0.05) is 0 Å². The van der Waals surface area contributed by atoms with Crippen molar-refractivity contribution in [3.63, 3.8) is 0 Å². The van der Waals surface area contributed by atoms with Crippen molar-refractivity contribution >= 4 is 11.8 Å². The highest BCUT2D eigenvalue weighted by atomic mass is 19.1. The number of pyridine rings is 1. The van der Waals surface area contributed by atoms with Crippen molar-refractivity contribution in [2.45, 2.75) is 19.9 Å². The van der Waals surface area contributed by atoms with E-state index >= 15 is 0 Å². The van der Waals surface area contributed by atoms with Crippen molar-refractivity contribution in [1.29, 1.82) is 0 Å². The number of aryl methyl sites for hydroxylation is 1. The zero-order valence-electron chi connectivity index (χ0n) is 12.2. The molecule has 0 N–H and O–H groups in total. The van der Waals surface area contributed by atoms with Crippen LogP contribution >= 0.6 is 0 Å². The number of aromatic nitrogens is 3. The van der Waals surface area contributed by atoms with E-state index in [0.717, 1.165) is 37.0 Å². The van der Waals surface area contributed by atoms with E-state index in [1.165, 1.54) is 12.3 Å². The van der Waals surface area contributed by atoms with Gasteiger partial charge in [0, 0.05) is 38.1 Å². The maximum Gasteiger partial charge on any atom is 0.225 e. The molecule has 110 valence electrons. The Labute approximate surface area is 123 Å². The highest BCUT2D eigenvalue weighted by Gasteiger charge is 2.26. The fourth-order valence-corrected chi connectivity index (χ4v) is 2.55. The summed E-state index contributed by atoms with van der Waals surface area (Å²) in [6, 6.07) is 3.44. The van der Waals surface area contributed by atoms with Crippen LogP contribution in [-0.2, 0) is 0 Å². The van der Waals surface area contributed by atoms with Crippen LogP contribution < -0.4 is 9.80 Å². The maximum absolute atomic E-state index is 12.9. The minimum atomic E-state index is -0.307. The van der Waals surface area contributed by atoms with Gasteiger partial charge in [0.1, 0.15) is 11.6 Å². The van der Waals surface area contributed by atoms with Crippen molar-refractivity contribution in [2.75, 3.05) is 29.4 Å². The van der Waals surface area contributed by atoms with Crippen LogP contribution in [-0.4, -0.2) is 40.6 Å². The van der Waals surface area contributed by atoms with Gasteiger partial charge in [-0.3, -0.25) is 0 Å². The molecule has 0 aliphatic carbocycles. The minimum Gasteiger partial charge on any atom is -0.353 e. The average Bonchev–Trinajstić information content (AvgIpc) is 2.49. The van der Waals surface area contributed by atoms with Crippen LogP contribution in [0, 0.1) is 12.7 Å². The molecule has 0 aromatic carbocycles. The molecule has 0 saturated carbocycles. The number of hydrogen-bond acceptors (Lipinski definition) is 5. The number of anilines is 2. The number of nitrogens with zero attached hydrogens (tertiary/aromatic N) is 5. The second-order valence-corrected chi connectivity index (χ2v) is 5.38. The van der Waals surface area contributed by atoms with Crippen LogP contribution in [0.4, 0.5) is 16.2 Å². The Hall–Kier alpha value is -2.24. The van der Waals surface area contributed by atoms with Crippen LogP contribution in [0.1, 0.15) is 12.5 Å². The highest BCUT2D eigenvalue weighted by molar-refractivity contribution is 5.43. The van der Waals surface area contributed by atoms with E-state index in [-0.39, 0.29) is 11.9 Å². The Kier molecular flexibility index (Phi) is 3.68. The third-order valence-electron chi connectivity index (χ3n) is 3.69. The number of hydrogen-bond donors (Lipinski definition) is 0. The molecule has 2 aromatic rings. The lowest BCUT2D eigenvalue weighted by Gasteiger charge is -2.40.